The fraction of sp³-hybridized carbons (Fsp3) is 0.400. The molecule has 15 heavy (non-hydrogen) atoms. The molecular formula is C10H16NO3P. The Morgan fingerprint density at radius 2 is 1.73 bits per heavy atom. The van der Waals surface area contributed by atoms with Gasteiger partial charge in [0, 0.05) is 5.69 Å². The Kier molecular flexibility index (Phi) is 4.33. The number of nitrogen functional groups attached to an aromatic ring is 1. The molecule has 0 saturated carbocycles. The van der Waals surface area contributed by atoms with Gasteiger partial charge in [-0.2, -0.15) is 0 Å². The molecule has 0 aliphatic carbocycles. The van der Waals surface area contributed by atoms with Crippen molar-refractivity contribution in [1.29, 1.82) is 0 Å². The summed E-state index contributed by atoms with van der Waals surface area (Å²) in [5, 5.41) is 0.439. The topological polar surface area (TPSA) is 61.5 Å². The van der Waals surface area contributed by atoms with Crippen molar-refractivity contribution in [3.05, 3.63) is 24.3 Å². The summed E-state index contributed by atoms with van der Waals surface area (Å²) in [6.45, 7) is 4.19. The van der Waals surface area contributed by atoms with E-state index in [0.717, 1.165) is 0 Å². The van der Waals surface area contributed by atoms with Crippen LogP contribution in [-0.4, -0.2) is 13.2 Å². The summed E-state index contributed by atoms with van der Waals surface area (Å²) in [6, 6.07) is 6.89. The largest absolute Gasteiger partial charge is 0.398 e. The monoisotopic (exact) mass is 229 g/mol. The maximum Gasteiger partial charge on any atom is 0.363 e. The third-order valence-corrected chi connectivity index (χ3v) is 4.02. The number of hydrogen-bond donors (Lipinski definition) is 1. The van der Waals surface area contributed by atoms with Gasteiger partial charge in [-0.3, -0.25) is 4.57 Å². The molecule has 0 aliphatic rings. The normalized spacial score (nSPS) is 11.6. The van der Waals surface area contributed by atoms with Gasteiger partial charge in [-0.15, -0.1) is 0 Å². The van der Waals surface area contributed by atoms with E-state index in [1.54, 1.807) is 38.1 Å². The average molecular weight is 229 g/mol. The summed E-state index contributed by atoms with van der Waals surface area (Å²) < 4.78 is 22.7. The molecule has 0 amide bonds. The second-order valence-corrected chi connectivity index (χ2v) is 4.88. The Bertz CT molecular complexity index is 357. The standard InChI is InChI=1S/C10H16NO3P/c1-3-13-15(12,14-4-2)10-8-6-5-7-9(10)11/h5-8H,3-4,11H2,1-2H3. The molecule has 0 unspecified atom stereocenters. The van der Waals surface area contributed by atoms with Crippen molar-refractivity contribution in [2.24, 2.45) is 0 Å². The first kappa shape index (κ1) is 12.2. The van der Waals surface area contributed by atoms with Gasteiger partial charge in [0.2, 0.25) is 0 Å². The molecule has 0 bridgehead atoms. The second kappa shape index (κ2) is 5.31. The SMILES string of the molecule is CCOP(=O)(OCC)c1ccccc1N. The Hall–Kier alpha value is -0.830. The molecule has 0 saturated heterocycles. The number of rotatable bonds is 5. The Balaban J connectivity index is 3.09. The van der Waals surface area contributed by atoms with Gasteiger partial charge in [0.15, 0.2) is 0 Å². The zero-order valence-corrected chi connectivity index (χ0v) is 9.87. The number of para-hydroxylation sites is 1. The minimum absolute atomic E-state index is 0.325. The molecule has 2 N–H and O–H groups in total. The first-order chi connectivity index (χ1) is 7.14. The summed E-state index contributed by atoms with van der Waals surface area (Å²) in [5.41, 5.74) is 6.17. The molecule has 0 heterocycles. The quantitative estimate of drug-likeness (QED) is 0.620. The van der Waals surface area contributed by atoms with E-state index in [2.05, 4.69) is 0 Å². The van der Waals surface area contributed by atoms with E-state index in [-0.39, 0.29) is 0 Å². The highest BCUT2D eigenvalue weighted by molar-refractivity contribution is 7.62. The van der Waals surface area contributed by atoms with Gasteiger partial charge in [-0.05, 0) is 26.0 Å². The lowest BCUT2D eigenvalue weighted by Gasteiger charge is -2.18. The van der Waals surface area contributed by atoms with Crippen molar-refractivity contribution in [2.75, 3.05) is 18.9 Å². The lowest BCUT2D eigenvalue weighted by molar-refractivity contribution is 0.230. The molecule has 1 aromatic carbocycles. The number of hydrogen-bond acceptors (Lipinski definition) is 4. The molecule has 1 rings (SSSR count). The van der Waals surface area contributed by atoms with E-state index < -0.39 is 7.60 Å². The van der Waals surface area contributed by atoms with Crippen LogP contribution in [0.2, 0.25) is 0 Å². The van der Waals surface area contributed by atoms with Crippen molar-refractivity contribution in [3.63, 3.8) is 0 Å². The molecule has 84 valence electrons. The van der Waals surface area contributed by atoms with E-state index in [4.69, 9.17) is 14.8 Å². The average Bonchev–Trinajstić information content (AvgIpc) is 2.19. The van der Waals surface area contributed by atoms with Crippen molar-refractivity contribution in [3.8, 4) is 0 Å². The Morgan fingerprint density at radius 1 is 1.20 bits per heavy atom. The zero-order chi connectivity index (χ0) is 11.3. The summed E-state index contributed by atoms with van der Waals surface area (Å²) >= 11 is 0. The summed E-state index contributed by atoms with van der Waals surface area (Å²) in [7, 11) is -3.23. The maximum absolute atomic E-state index is 12.3. The summed E-state index contributed by atoms with van der Waals surface area (Å²) in [6.07, 6.45) is 0. The highest BCUT2D eigenvalue weighted by Gasteiger charge is 2.28. The van der Waals surface area contributed by atoms with Crippen LogP contribution in [-0.2, 0) is 13.6 Å². The second-order valence-electron chi connectivity index (χ2n) is 2.89. The highest BCUT2D eigenvalue weighted by atomic mass is 31.2. The number of benzene rings is 1. The minimum Gasteiger partial charge on any atom is -0.398 e. The van der Waals surface area contributed by atoms with Gasteiger partial charge in [-0.1, -0.05) is 12.1 Å². The third kappa shape index (κ3) is 2.81. The lowest BCUT2D eigenvalue weighted by Crippen LogP contribution is -2.14. The number of nitrogens with two attached hydrogens (primary N) is 1. The molecular weight excluding hydrogens is 213 g/mol. The molecule has 0 spiro atoms. The summed E-state index contributed by atoms with van der Waals surface area (Å²) in [4.78, 5) is 0. The van der Waals surface area contributed by atoms with Crippen LogP contribution < -0.4 is 11.0 Å². The third-order valence-electron chi connectivity index (χ3n) is 1.83. The van der Waals surface area contributed by atoms with E-state index in [1.165, 1.54) is 0 Å². The first-order valence-electron chi connectivity index (χ1n) is 4.88. The predicted octanol–water partition coefficient (Wildman–Crippen LogP) is 2.16. The van der Waals surface area contributed by atoms with Crippen molar-refractivity contribution in [2.45, 2.75) is 13.8 Å². The van der Waals surface area contributed by atoms with Crippen LogP contribution >= 0.6 is 7.60 Å². The molecule has 0 fully saturated rings. The van der Waals surface area contributed by atoms with Crippen LogP contribution in [0.5, 0.6) is 0 Å². The molecule has 5 heteroatoms. The smallest absolute Gasteiger partial charge is 0.363 e. The van der Waals surface area contributed by atoms with Crippen LogP contribution in [0, 0.1) is 0 Å². The van der Waals surface area contributed by atoms with E-state index in [0.29, 0.717) is 24.2 Å². The van der Waals surface area contributed by atoms with E-state index >= 15 is 0 Å². The van der Waals surface area contributed by atoms with Crippen LogP contribution in [0.4, 0.5) is 5.69 Å². The van der Waals surface area contributed by atoms with Crippen molar-refractivity contribution < 1.29 is 13.6 Å². The molecule has 0 aromatic heterocycles. The van der Waals surface area contributed by atoms with E-state index in [9.17, 15) is 4.57 Å². The lowest BCUT2D eigenvalue weighted by atomic mass is 10.3. The van der Waals surface area contributed by atoms with Crippen LogP contribution in [0.15, 0.2) is 24.3 Å². The molecule has 1 aromatic rings. The molecule has 0 aliphatic heterocycles. The van der Waals surface area contributed by atoms with Crippen LogP contribution in [0.3, 0.4) is 0 Å². The zero-order valence-electron chi connectivity index (χ0n) is 8.97. The van der Waals surface area contributed by atoms with Gasteiger partial charge in [0.25, 0.3) is 0 Å². The van der Waals surface area contributed by atoms with Gasteiger partial charge in [0.05, 0.1) is 18.5 Å². The highest BCUT2D eigenvalue weighted by Crippen LogP contribution is 2.48. The van der Waals surface area contributed by atoms with Crippen molar-refractivity contribution in [1.82, 2.24) is 0 Å². The van der Waals surface area contributed by atoms with Gasteiger partial charge >= 0.3 is 7.60 Å². The molecule has 4 nitrogen and oxygen atoms in total. The van der Waals surface area contributed by atoms with Gasteiger partial charge in [0.1, 0.15) is 0 Å². The Morgan fingerprint density at radius 3 is 2.20 bits per heavy atom. The molecule has 0 atom stereocenters. The Labute approximate surface area is 89.9 Å². The predicted molar refractivity (Wildman–Crippen MR) is 61.3 cm³/mol. The van der Waals surface area contributed by atoms with Crippen molar-refractivity contribution >= 4 is 18.6 Å². The fourth-order valence-electron chi connectivity index (χ4n) is 1.25. The van der Waals surface area contributed by atoms with E-state index in [1.807, 2.05) is 0 Å². The molecule has 0 radical (unpaired) electrons. The van der Waals surface area contributed by atoms with Crippen LogP contribution in [0.25, 0.3) is 0 Å². The van der Waals surface area contributed by atoms with Gasteiger partial charge in [-0.25, -0.2) is 0 Å². The van der Waals surface area contributed by atoms with Crippen LogP contribution in [0.1, 0.15) is 13.8 Å². The maximum atomic E-state index is 12.3. The first-order valence-corrected chi connectivity index (χ1v) is 6.42. The number of anilines is 1. The minimum atomic E-state index is -3.23. The van der Waals surface area contributed by atoms with Gasteiger partial charge < -0.3 is 14.8 Å². The fourth-order valence-corrected chi connectivity index (χ4v) is 2.95. The summed E-state index contributed by atoms with van der Waals surface area (Å²) in [5.74, 6) is 0.